The average molecular weight is 270 g/mol. The van der Waals surface area contributed by atoms with Gasteiger partial charge < -0.3 is 9.84 Å². The van der Waals surface area contributed by atoms with Crippen molar-refractivity contribution in [3.05, 3.63) is 65.7 Å². The number of carbonyl (C=O) groups excluding carboxylic acids is 1. The van der Waals surface area contributed by atoms with Gasteiger partial charge >= 0.3 is 5.97 Å². The minimum absolute atomic E-state index is 0.234. The van der Waals surface area contributed by atoms with Gasteiger partial charge in [-0.3, -0.25) is 4.79 Å². The molecule has 0 saturated heterocycles. The Morgan fingerprint density at radius 2 is 1.75 bits per heavy atom. The van der Waals surface area contributed by atoms with E-state index >= 15 is 0 Å². The highest BCUT2D eigenvalue weighted by atomic mass is 16.5. The van der Waals surface area contributed by atoms with Crippen molar-refractivity contribution in [3.63, 3.8) is 0 Å². The molecule has 2 aromatic rings. The van der Waals surface area contributed by atoms with Crippen LogP contribution in [0.15, 0.2) is 54.6 Å². The van der Waals surface area contributed by atoms with E-state index in [-0.39, 0.29) is 17.8 Å². The van der Waals surface area contributed by atoms with Crippen LogP contribution in [-0.2, 0) is 16.0 Å². The highest BCUT2D eigenvalue weighted by Crippen LogP contribution is 2.23. The molecule has 0 bridgehead atoms. The molecule has 104 valence electrons. The summed E-state index contributed by atoms with van der Waals surface area (Å²) in [4.78, 5) is 11.2. The fraction of sp³-hybridized carbons (Fsp3) is 0.235. The third kappa shape index (κ3) is 4.12. The predicted molar refractivity (Wildman–Crippen MR) is 77.4 cm³/mol. The summed E-state index contributed by atoms with van der Waals surface area (Å²) in [5, 5.41) is 9.26. The van der Waals surface area contributed by atoms with Gasteiger partial charge in [0, 0.05) is 6.92 Å². The standard InChI is InChI=1S/C17H18O3/c1-13(18)20-17(15-5-3-2-4-6-15)12-9-14-7-10-16(19)11-8-14/h2-8,10-11,17,19H,9,12H2,1H3. The minimum Gasteiger partial charge on any atom is -0.508 e. The summed E-state index contributed by atoms with van der Waals surface area (Å²) in [6.07, 6.45) is 1.27. The summed E-state index contributed by atoms with van der Waals surface area (Å²) < 4.78 is 5.39. The van der Waals surface area contributed by atoms with Crippen LogP contribution >= 0.6 is 0 Å². The second-order valence-electron chi connectivity index (χ2n) is 4.71. The molecule has 0 fully saturated rings. The van der Waals surface area contributed by atoms with Gasteiger partial charge in [0.2, 0.25) is 0 Å². The van der Waals surface area contributed by atoms with Crippen molar-refractivity contribution in [1.29, 1.82) is 0 Å². The normalized spacial score (nSPS) is 11.8. The van der Waals surface area contributed by atoms with Gasteiger partial charge in [0.05, 0.1) is 0 Å². The number of rotatable bonds is 5. The van der Waals surface area contributed by atoms with Crippen molar-refractivity contribution in [3.8, 4) is 5.75 Å². The Bertz CT molecular complexity index is 546. The van der Waals surface area contributed by atoms with Crippen LogP contribution in [0.2, 0.25) is 0 Å². The number of esters is 1. The van der Waals surface area contributed by atoms with Gasteiger partial charge in [-0.15, -0.1) is 0 Å². The van der Waals surface area contributed by atoms with E-state index in [0.717, 1.165) is 17.5 Å². The molecule has 0 aliphatic heterocycles. The number of carbonyl (C=O) groups is 1. The molecule has 0 spiro atoms. The number of phenols is 1. The molecule has 0 aromatic heterocycles. The average Bonchev–Trinajstić information content (AvgIpc) is 2.46. The Balaban J connectivity index is 2.04. The first-order valence-corrected chi connectivity index (χ1v) is 6.65. The van der Waals surface area contributed by atoms with Crippen LogP contribution in [0.1, 0.15) is 30.6 Å². The number of aromatic hydroxyl groups is 1. The van der Waals surface area contributed by atoms with Gasteiger partial charge in [0.25, 0.3) is 0 Å². The first kappa shape index (κ1) is 14.1. The summed E-state index contributed by atoms with van der Waals surface area (Å²) in [7, 11) is 0. The summed E-state index contributed by atoms with van der Waals surface area (Å²) in [5.41, 5.74) is 2.11. The Hall–Kier alpha value is -2.29. The lowest BCUT2D eigenvalue weighted by molar-refractivity contribution is -0.147. The molecular formula is C17H18O3. The van der Waals surface area contributed by atoms with E-state index in [2.05, 4.69) is 0 Å². The predicted octanol–water partition coefficient (Wildman–Crippen LogP) is 3.63. The van der Waals surface area contributed by atoms with Crippen LogP contribution in [-0.4, -0.2) is 11.1 Å². The van der Waals surface area contributed by atoms with E-state index in [9.17, 15) is 9.90 Å². The molecule has 0 heterocycles. The molecule has 0 saturated carbocycles. The Kier molecular flexibility index (Phi) is 4.77. The highest BCUT2D eigenvalue weighted by molar-refractivity contribution is 5.66. The quantitative estimate of drug-likeness (QED) is 0.844. The fourth-order valence-electron chi connectivity index (χ4n) is 2.12. The van der Waals surface area contributed by atoms with Crippen molar-refractivity contribution in [2.75, 3.05) is 0 Å². The first-order valence-electron chi connectivity index (χ1n) is 6.65. The lowest BCUT2D eigenvalue weighted by Crippen LogP contribution is -2.09. The maximum absolute atomic E-state index is 11.2. The largest absolute Gasteiger partial charge is 0.508 e. The lowest BCUT2D eigenvalue weighted by atomic mass is 10.0. The number of phenolic OH excluding ortho intramolecular Hbond substituents is 1. The van der Waals surface area contributed by atoms with Crippen molar-refractivity contribution in [2.24, 2.45) is 0 Å². The minimum atomic E-state index is -0.274. The van der Waals surface area contributed by atoms with Gasteiger partial charge in [0.1, 0.15) is 11.9 Å². The number of hydrogen-bond acceptors (Lipinski definition) is 3. The maximum atomic E-state index is 11.2. The fourth-order valence-corrected chi connectivity index (χ4v) is 2.12. The first-order chi connectivity index (χ1) is 9.65. The Morgan fingerprint density at radius 3 is 2.35 bits per heavy atom. The molecule has 3 heteroatoms. The summed E-state index contributed by atoms with van der Waals surface area (Å²) >= 11 is 0. The molecule has 3 nitrogen and oxygen atoms in total. The van der Waals surface area contributed by atoms with Crippen LogP contribution in [0.25, 0.3) is 0 Å². The molecular weight excluding hydrogens is 252 g/mol. The van der Waals surface area contributed by atoms with Crippen LogP contribution in [0, 0.1) is 0 Å². The van der Waals surface area contributed by atoms with Crippen molar-refractivity contribution >= 4 is 5.97 Å². The molecule has 1 N–H and O–H groups in total. The van der Waals surface area contributed by atoms with Crippen LogP contribution in [0.3, 0.4) is 0 Å². The summed E-state index contributed by atoms with van der Waals surface area (Å²) in [6, 6.07) is 16.8. The van der Waals surface area contributed by atoms with Crippen LogP contribution in [0.5, 0.6) is 5.75 Å². The smallest absolute Gasteiger partial charge is 0.303 e. The lowest BCUT2D eigenvalue weighted by Gasteiger charge is -2.17. The van der Waals surface area contributed by atoms with E-state index in [0.29, 0.717) is 6.42 Å². The van der Waals surface area contributed by atoms with Crippen molar-refractivity contribution < 1.29 is 14.6 Å². The highest BCUT2D eigenvalue weighted by Gasteiger charge is 2.14. The molecule has 1 atom stereocenters. The van der Waals surface area contributed by atoms with Crippen LogP contribution in [0.4, 0.5) is 0 Å². The van der Waals surface area contributed by atoms with Crippen molar-refractivity contribution in [1.82, 2.24) is 0 Å². The molecule has 20 heavy (non-hydrogen) atoms. The SMILES string of the molecule is CC(=O)OC(CCc1ccc(O)cc1)c1ccccc1. The van der Waals surface area contributed by atoms with E-state index < -0.39 is 0 Å². The molecule has 0 radical (unpaired) electrons. The van der Waals surface area contributed by atoms with Gasteiger partial charge in [-0.05, 0) is 36.1 Å². The molecule has 2 aromatic carbocycles. The van der Waals surface area contributed by atoms with E-state index in [1.165, 1.54) is 6.92 Å². The second-order valence-corrected chi connectivity index (χ2v) is 4.71. The van der Waals surface area contributed by atoms with Gasteiger partial charge in [-0.2, -0.15) is 0 Å². The number of ether oxygens (including phenoxy) is 1. The summed E-state index contributed by atoms with van der Waals surface area (Å²) in [6.45, 7) is 1.43. The maximum Gasteiger partial charge on any atom is 0.303 e. The third-order valence-corrected chi connectivity index (χ3v) is 3.11. The van der Waals surface area contributed by atoms with E-state index in [1.807, 2.05) is 42.5 Å². The zero-order valence-corrected chi connectivity index (χ0v) is 11.5. The molecule has 2 rings (SSSR count). The summed E-state index contributed by atoms with van der Waals surface area (Å²) in [5.74, 6) is -0.0158. The van der Waals surface area contributed by atoms with Crippen molar-refractivity contribution in [2.45, 2.75) is 25.9 Å². The van der Waals surface area contributed by atoms with E-state index in [4.69, 9.17) is 4.74 Å². The zero-order valence-electron chi connectivity index (χ0n) is 11.5. The third-order valence-electron chi connectivity index (χ3n) is 3.11. The van der Waals surface area contributed by atoms with Gasteiger partial charge in [-0.1, -0.05) is 42.5 Å². The van der Waals surface area contributed by atoms with Gasteiger partial charge in [-0.25, -0.2) is 0 Å². The topological polar surface area (TPSA) is 46.5 Å². The number of benzene rings is 2. The molecule has 0 aliphatic rings. The Labute approximate surface area is 118 Å². The van der Waals surface area contributed by atoms with Crippen LogP contribution < -0.4 is 0 Å². The van der Waals surface area contributed by atoms with Gasteiger partial charge in [0.15, 0.2) is 0 Å². The molecule has 1 unspecified atom stereocenters. The number of hydrogen-bond donors (Lipinski definition) is 1. The number of aryl methyl sites for hydroxylation is 1. The zero-order chi connectivity index (χ0) is 14.4. The van der Waals surface area contributed by atoms with E-state index in [1.54, 1.807) is 12.1 Å². The Morgan fingerprint density at radius 1 is 1.10 bits per heavy atom. The monoisotopic (exact) mass is 270 g/mol. The molecule has 0 aliphatic carbocycles. The second kappa shape index (κ2) is 6.75. The molecule has 0 amide bonds.